The first-order valence-corrected chi connectivity index (χ1v) is 11.2. The van der Waals surface area contributed by atoms with Crippen molar-refractivity contribution in [3.63, 3.8) is 0 Å². The van der Waals surface area contributed by atoms with Gasteiger partial charge in [-0.05, 0) is 15.4 Å². The minimum Gasteiger partial charge on any atom is -0.407 e. The lowest BCUT2D eigenvalue weighted by Gasteiger charge is -2.43. The predicted molar refractivity (Wildman–Crippen MR) is 114 cm³/mol. The third-order valence-electron chi connectivity index (χ3n) is 4.69. The van der Waals surface area contributed by atoms with E-state index in [4.69, 9.17) is 20.3 Å². The van der Waals surface area contributed by atoms with Gasteiger partial charge in [0.2, 0.25) is 0 Å². The fourth-order valence-electron chi connectivity index (χ4n) is 3.45. The van der Waals surface area contributed by atoms with E-state index in [2.05, 4.69) is 75.2 Å². The number of rotatable bonds is 9. The summed E-state index contributed by atoms with van der Waals surface area (Å²) in [5, 5.41) is 2.48. The van der Waals surface area contributed by atoms with E-state index in [0.29, 0.717) is 13.0 Å². The van der Waals surface area contributed by atoms with Gasteiger partial charge in [-0.3, -0.25) is 0 Å². The molecule has 0 aromatic heterocycles. The van der Waals surface area contributed by atoms with Crippen molar-refractivity contribution in [2.45, 2.75) is 38.3 Å². The maximum Gasteiger partial charge on any atom is 0.261 e. The van der Waals surface area contributed by atoms with E-state index in [1.807, 2.05) is 12.1 Å². The third-order valence-corrected chi connectivity index (χ3v) is 9.73. The predicted octanol–water partition coefficient (Wildman–Crippen LogP) is 3.58. The lowest BCUT2D eigenvalue weighted by atomic mass is 10.2. The molecule has 0 fully saturated rings. The van der Waals surface area contributed by atoms with Gasteiger partial charge in [-0.1, -0.05) is 87.4 Å². The number of ether oxygens (including phenoxy) is 2. The first kappa shape index (κ1) is 21.4. The van der Waals surface area contributed by atoms with Crippen molar-refractivity contribution >= 4 is 18.7 Å². The van der Waals surface area contributed by atoms with Crippen molar-refractivity contribution in [1.82, 2.24) is 0 Å². The van der Waals surface area contributed by atoms with Gasteiger partial charge in [0, 0.05) is 20.1 Å². The Morgan fingerprint density at radius 3 is 1.89 bits per heavy atom. The normalized spacial score (nSPS) is 13.1. The molecule has 1 unspecified atom stereocenters. The zero-order chi connectivity index (χ0) is 19.8. The molecule has 0 aliphatic rings. The van der Waals surface area contributed by atoms with Crippen LogP contribution in [0, 0.1) is 12.3 Å². The van der Waals surface area contributed by atoms with Crippen molar-refractivity contribution in [2.24, 2.45) is 0 Å². The van der Waals surface area contributed by atoms with Gasteiger partial charge in [-0.15, -0.1) is 6.42 Å². The molecule has 0 heterocycles. The standard InChI is InChI=1S/C23H30O3Si/c1-6-20(25-19-24-5)17-18-26-27(23(2,3)4,21-13-9-7-10-14-21)22-15-11-8-12-16-22/h1,7-16,20H,17-19H2,2-5H3. The summed E-state index contributed by atoms with van der Waals surface area (Å²) in [5.74, 6) is 2.67. The summed E-state index contributed by atoms with van der Waals surface area (Å²) in [7, 11) is -0.926. The molecule has 0 N–H and O–H groups in total. The molecule has 0 amide bonds. The molecular formula is C23H30O3Si. The molecule has 144 valence electrons. The minimum atomic E-state index is -2.52. The highest BCUT2D eigenvalue weighted by Gasteiger charge is 2.50. The van der Waals surface area contributed by atoms with Gasteiger partial charge in [0.05, 0.1) is 0 Å². The zero-order valence-corrected chi connectivity index (χ0v) is 17.8. The number of methoxy groups -OCH3 is 1. The fraction of sp³-hybridized carbons (Fsp3) is 0.391. The highest BCUT2D eigenvalue weighted by atomic mass is 28.4. The van der Waals surface area contributed by atoms with Gasteiger partial charge in [0.15, 0.2) is 0 Å². The number of hydrogen-bond donors (Lipinski definition) is 0. The Hall–Kier alpha value is -1.90. The van der Waals surface area contributed by atoms with E-state index in [1.54, 1.807) is 7.11 Å². The summed E-state index contributed by atoms with van der Waals surface area (Å²) in [6, 6.07) is 21.2. The summed E-state index contributed by atoms with van der Waals surface area (Å²) >= 11 is 0. The van der Waals surface area contributed by atoms with Crippen LogP contribution >= 0.6 is 0 Å². The van der Waals surface area contributed by atoms with Crippen LogP contribution in [-0.4, -0.2) is 34.9 Å². The van der Waals surface area contributed by atoms with Gasteiger partial charge >= 0.3 is 0 Å². The highest BCUT2D eigenvalue weighted by Crippen LogP contribution is 2.36. The van der Waals surface area contributed by atoms with Crippen LogP contribution in [0.25, 0.3) is 0 Å². The van der Waals surface area contributed by atoms with E-state index in [1.165, 1.54) is 10.4 Å². The monoisotopic (exact) mass is 382 g/mol. The molecule has 0 bridgehead atoms. The summed E-state index contributed by atoms with van der Waals surface area (Å²) in [6.07, 6.45) is 5.91. The van der Waals surface area contributed by atoms with Crippen LogP contribution in [0.4, 0.5) is 0 Å². The molecule has 2 rings (SSSR count). The Kier molecular flexibility index (Phi) is 7.82. The molecule has 1 atom stereocenters. The average molecular weight is 383 g/mol. The SMILES string of the molecule is C#CC(CCO[Si](c1ccccc1)(c1ccccc1)C(C)(C)C)OCOC. The van der Waals surface area contributed by atoms with Gasteiger partial charge in [-0.25, -0.2) is 0 Å². The van der Waals surface area contributed by atoms with Crippen molar-refractivity contribution < 1.29 is 13.9 Å². The molecule has 0 saturated carbocycles. The van der Waals surface area contributed by atoms with Gasteiger partial charge in [-0.2, -0.15) is 0 Å². The first-order valence-electron chi connectivity index (χ1n) is 9.27. The Bertz CT molecular complexity index is 677. The topological polar surface area (TPSA) is 27.7 Å². The number of terminal acetylenes is 1. The quantitative estimate of drug-likeness (QED) is 0.377. The fourth-order valence-corrected chi connectivity index (χ4v) is 8.03. The van der Waals surface area contributed by atoms with Crippen molar-refractivity contribution in [3.05, 3.63) is 60.7 Å². The lowest BCUT2D eigenvalue weighted by Crippen LogP contribution is -2.66. The van der Waals surface area contributed by atoms with Crippen LogP contribution in [0.3, 0.4) is 0 Å². The second-order valence-corrected chi connectivity index (χ2v) is 11.8. The van der Waals surface area contributed by atoms with E-state index in [9.17, 15) is 0 Å². The number of benzene rings is 2. The van der Waals surface area contributed by atoms with Crippen LogP contribution in [0.1, 0.15) is 27.2 Å². The van der Waals surface area contributed by atoms with Crippen molar-refractivity contribution in [1.29, 1.82) is 0 Å². The lowest BCUT2D eigenvalue weighted by molar-refractivity contribution is -0.0569. The molecule has 0 spiro atoms. The second kappa shape index (κ2) is 9.87. The molecule has 0 aliphatic heterocycles. The maximum absolute atomic E-state index is 6.80. The summed E-state index contributed by atoms with van der Waals surface area (Å²) in [5.41, 5.74) is 0. The summed E-state index contributed by atoms with van der Waals surface area (Å²) in [4.78, 5) is 0. The van der Waals surface area contributed by atoms with Gasteiger partial charge in [0.25, 0.3) is 8.32 Å². The van der Waals surface area contributed by atoms with E-state index in [0.717, 1.165) is 0 Å². The Labute approximate surface area is 164 Å². The largest absolute Gasteiger partial charge is 0.407 e. The van der Waals surface area contributed by atoms with E-state index < -0.39 is 8.32 Å². The van der Waals surface area contributed by atoms with Crippen LogP contribution in [-0.2, 0) is 13.9 Å². The highest BCUT2D eigenvalue weighted by molar-refractivity contribution is 6.99. The van der Waals surface area contributed by atoms with Crippen molar-refractivity contribution in [2.75, 3.05) is 20.5 Å². The maximum atomic E-state index is 6.80. The molecule has 2 aromatic rings. The van der Waals surface area contributed by atoms with Crippen LogP contribution < -0.4 is 10.4 Å². The van der Waals surface area contributed by atoms with E-state index >= 15 is 0 Å². The summed E-state index contributed by atoms with van der Waals surface area (Å²) < 4.78 is 17.3. The van der Waals surface area contributed by atoms with Crippen LogP contribution in [0.2, 0.25) is 5.04 Å². The third kappa shape index (κ3) is 5.09. The molecular weight excluding hydrogens is 352 g/mol. The van der Waals surface area contributed by atoms with Crippen molar-refractivity contribution in [3.8, 4) is 12.3 Å². The van der Waals surface area contributed by atoms with Gasteiger partial charge < -0.3 is 13.9 Å². The minimum absolute atomic E-state index is 0.0469. The smallest absolute Gasteiger partial charge is 0.261 e. The molecule has 0 aliphatic carbocycles. The Morgan fingerprint density at radius 2 is 1.48 bits per heavy atom. The second-order valence-electron chi connectivity index (χ2n) is 7.53. The van der Waals surface area contributed by atoms with E-state index in [-0.39, 0.29) is 17.9 Å². The molecule has 0 radical (unpaired) electrons. The first-order chi connectivity index (χ1) is 13.0. The summed E-state index contributed by atoms with van der Waals surface area (Å²) in [6.45, 7) is 7.51. The number of hydrogen-bond acceptors (Lipinski definition) is 3. The van der Waals surface area contributed by atoms with Gasteiger partial charge in [0.1, 0.15) is 12.9 Å². The average Bonchev–Trinajstić information content (AvgIpc) is 2.68. The molecule has 3 nitrogen and oxygen atoms in total. The molecule has 2 aromatic carbocycles. The van der Waals surface area contributed by atoms with Crippen LogP contribution in [0.5, 0.6) is 0 Å². The molecule has 4 heteroatoms. The van der Waals surface area contributed by atoms with Crippen LogP contribution in [0.15, 0.2) is 60.7 Å². The Balaban J connectivity index is 2.37. The molecule has 27 heavy (non-hydrogen) atoms. The molecule has 0 saturated heterocycles. The zero-order valence-electron chi connectivity index (χ0n) is 16.8. The Morgan fingerprint density at radius 1 is 0.963 bits per heavy atom.